The summed E-state index contributed by atoms with van der Waals surface area (Å²) in [4.78, 5) is 0. The smallest absolute Gasteiger partial charge is 0.107 e. The second-order valence-electron chi connectivity index (χ2n) is 3.12. The molecule has 0 saturated carbocycles. The van der Waals surface area contributed by atoms with Gasteiger partial charge in [0.05, 0.1) is 6.10 Å². The van der Waals surface area contributed by atoms with Crippen molar-refractivity contribution in [1.29, 1.82) is 0 Å². The van der Waals surface area contributed by atoms with E-state index >= 15 is 0 Å². The zero-order valence-electron chi connectivity index (χ0n) is 7.73. The lowest BCUT2D eigenvalue weighted by Crippen LogP contribution is -2.19. The van der Waals surface area contributed by atoms with E-state index in [1.165, 1.54) is 0 Å². The van der Waals surface area contributed by atoms with Crippen LogP contribution in [0.25, 0.3) is 0 Å². The first kappa shape index (κ1) is 11.3. The van der Waals surface area contributed by atoms with Gasteiger partial charge >= 0.3 is 0 Å². The predicted octanol–water partition coefficient (Wildman–Crippen LogP) is 1.29. The van der Waals surface area contributed by atoms with E-state index in [0.29, 0.717) is 23.6 Å². The molecule has 1 aromatic rings. The van der Waals surface area contributed by atoms with Crippen LogP contribution in [-0.2, 0) is 0 Å². The van der Waals surface area contributed by atoms with Gasteiger partial charge in [-0.2, -0.15) is 0 Å². The van der Waals surface area contributed by atoms with Gasteiger partial charge in [0, 0.05) is 17.1 Å². The highest BCUT2D eigenvalue weighted by atomic mass is 35.5. The first-order valence-electron chi connectivity index (χ1n) is 4.43. The molecule has 0 saturated heterocycles. The van der Waals surface area contributed by atoms with Crippen molar-refractivity contribution in [3.63, 3.8) is 0 Å². The minimum absolute atomic E-state index is 0.310. The normalized spacial score (nSPS) is 15.1. The molecular weight excluding hydrogens is 202 g/mol. The fourth-order valence-electron chi connectivity index (χ4n) is 1.26. The van der Waals surface area contributed by atoms with E-state index in [4.69, 9.17) is 17.3 Å². The van der Waals surface area contributed by atoms with Crippen molar-refractivity contribution in [3.05, 3.63) is 29.8 Å². The predicted molar refractivity (Wildman–Crippen MR) is 57.2 cm³/mol. The van der Waals surface area contributed by atoms with Gasteiger partial charge in [0.2, 0.25) is 0 Å². The van der Waals surface area contributed by atoms with E-state index in [-0.39, 0.29) is 0 Å². The van der Waals surface area contributed by atoms with Gasteiger partial charge in [0.1, 0.15) is 6.10 Å². The molecule has 2 atom stereocenters. The van der Waals surface area contributed by atoms with Crippen LogP contribution in [0.1, 0.15) is 18.1 Å². The zero-order valence-corrected chi connectivity index (χ0v) is 8.48. The highest BCUT2D eigenvalue weighted by Gasteiger charge is 2.19. The van der Waals surface area contributed by atoms with Crippen LogP contribution in [0.4, 0.5) is 5.69 Å². The van der Waals surface area contributed by atoms with Crippen molar-refractivity contribution in [3.8, 4) is 0 Å². The van der Waals surface area contributed by atoms with E-state index < -0.39 is 12.2 Å². The number of alkyl halides is 1. The van der Waals surface area contributed by atoms with Crippen LogP contribution in [0.3, 0.4) is 0 Å². The number of aliphatic hydroxyl groups excluding tert-OH is 2. The summed E-state index contributed by atoms with van der Waals surface area (Å²) in [6.45, 7) is 0. The van der Waals surface area contributed by atoms with E-state index in [0.717, 1.165) is 0 Å². The summed E-state index contributed by atoms with van der Waals surface area (Å²) >= 11 is 5.47. The lowest BCUT2D eigenvalue weighted by molar-refractivity contribution is 0.0174. The molecule has 0 amide bonds. The average molecular weight is 216 g/mol. The Labute approximate surface area is 88.1 Å². The first-order chi connectivity index (χ1) is 6.66. The average Bonchev–Trinajstić information content (AvgIpc) is 2.18. The molecule has 2 unspecified atom stereocenters. The first-order valence-corrected chi connectivity index (χ1v) is 4.96. The molecule has 78 valence electrons. The van der Waals surface area contributed by atoms with E-state index in [1.807, 2.05) is 0 Å². The zero-order chi connectivity index (χ0) is 10.6. The van der Waals surface area contributed by atoms with Gasteiger partial charge in [0.15, 0.2) is 0 Å². The fraction of sp³-hybridized carbons (Fsp3) is 0.400. The third kappa shape index (κ3) is 2.61. The Morgan fingerprint density at radius 3 is 2.50 bits per heavy atom. The van der Waals surface area contributed by atoms with Crippen LogP contribution in [-0.4, -0.2) is 22.2 Å². The van der Waals surface area contributed by atoms with Crippen LogP contribution in [0, 0.1) is 0 Å². The summed E-state index contributed by atoms with van der Waals surface area (Å²) in [6.07, 6.45) is -1.48. The summed E-state index contributed by atoms with van der Waals surface area (Å²) in [6, 6.07) is 6.92. The Morgan fingerprint density at radius 1 is 1.29 bits per heavy atom. The molecule has 0 heterocycles. The largest absolute Gasteiger partial charge is 0.398 e. The van der Waals surface area contributed by atoms with E-state index in [2.05, 4.69) is 0 Å². The van der Waals surface area contributed by atoms with Crippen LogP contribution >= 0.6 is 11.6 Å². The molecule has 3 nitrogen and oxygen atoms in total. The van der Waals surface area contributed by atoms with Gasteiger partial charge in [-0.25, -0.2) is 0 Å². The van der Waals surface area contributed by atoms with Gasteiger partial charge in [-0.05, 0) is 12.5 Å². The molecule has 0 radical (unpaired) electrons. The van der Waals surface area contributed by atoms with E-state index in [1.54, 1.807) is 24.3 Å². The Hall–Kier alpha value is -0.770. The molecule has 0 bridgehead atoms. The molecule has 0 spiro atoms. The van der Waals surface area contributed by atoms with Gasteiger partial charge in [-0.15, -0.1) is 11.6 Å². The third-order valence-corrected chi connectivity index (χ3v) is 2.30. The quantitative estimate of drug-likeness (QED) is 0.524. The molecule has 0 aliphatic rings. The number of nitrogens with two attached hydrogens (primary N) is 1. The second-order valence-corrected chi connectivity index (χ2v) is 3.50. The molecule has 0 aliphatic carbocycles. The molecular formula is C10H14ClNO2. The molecule has 4 N–H and O–H groups in total. The number of hydrogen-bond donors (Lipinski definition) is 3. The maximum absolute atomic E-state index is 9.71. The Bertz CT molecular complexity index is 293. The summed E-state index contributed by atoms with van der Waals surface area (Å²) < 4.78 is 0. The number of halogens is 1. The van der Waals surface area contributed by atoms with Crippen molar-refractivity contribution in [2.24, 2.45) is 0 Å². The number of nitrogen functional groups attached to an aromatic ring is 1. The SMILES string of the molecule is Nc1ccccc1C(O)C(O)CCCl. The lowest BCUT2D eigenvalue weighted by Gasteiger charge is -2.18. The number of benzene rings is 1. The summed E-state index contributed by atoms with van der Waals surface area (Å²) in [5, 5.41) is 19.2. The molecule has 1 aromatic carbocycles. The van der Waals surface area contributed by atoms with Crippen LogP contribution in [0.15, 0.2) is 24.3 Å². The maximum atomic E-state index is 9.71. The minimum Gasteiger partial charge on any atom is -0.398 e. The monoisotopic (exact) mass is 215 g/mol. The third-order valence-electron chi connectivity index (χ3n) is 2.08. The van der Waals surface area contributed by atoms with Crippen molar-refractivity contribution >= 4 is 17.3 Å². The summed E-state index contributed by atoms with van der Waals surface area (Å²) in [7, 11) is 0. The number of hydrogen-bond acceptors (Lipinski definition) is 3. The number of rotatable bonds is 4. The fourth-order valence-corrected chi connectivity index (χ4v) is 1.48. The maximum Gasteiger partial charge on any atom is 0.107 e. The molecule has 4 heteroatoms. The van der Waals surface area contributed by atoms with Crippen molar-refractivity contribution in [2.75, 3.05) is 11.6 Å². The second kappa shape index (κ2) is 5.20. The standard InChI is InChI=1S/C10H14ClNO2/c11-6-5-9(13)10(14)7-3-1-2-4-8(7)12/h1-4,9-10,13-14H,5-6,12H2. The van der Waals surface area contributed by atoms with Gasteiger partial charge in [-0.1, -0.05) is 18.2 Å². The molecule has 1 rings (SSSR count). The van der Waals surface area contributed by atoms with Crippen molar-refractivity contribution in [1.82, 2.24) is 0 Å². The van der Waals surface area contributed by atoms with Gasteiger partial charge in [0.25, 0.3) is 0 Å². The lowest BCUT2D eigenvalue weighted by atomic mass is 10.0. The van der Waals surface area contributed by atoms with Crippen LogP contribution in [0.2, 0.25) is 0 Å². The summed E-state index contributed by atoms with van der Waals surface area (Å²) in [5.41, 5.74) is 6.68. The topological polar surface area (TPSA) is 66.5 Å². The van der Waals surface area contributed by atoms with Gasteiger partial charge < -0.3 is 15.9 Å². The summed E-state index contributed by atoms with van der Waals surface area (Å²) in [5.74, 6) is 0.310. The molecule has 0 fully saturated rings. The van der Waals surface area contributed by atoms with Gasteiger partial charge in [-0.3, -0.25) is 0 Å². The van der Waals surface area contributed by atoms with Crippen molar-refractivity contribution < 1.29 is 10.2 Å². The van der Waals surface area contributed by atoms with Crippen LogP contribution in [0.5, 0.6) is 0 Å². The molecule has 0 aromatic heterocycles. The van der Waals surface area contributed by atoms with Crippen molar-refractivity contribution in [2.45, 2.75) is 18.6 Å². The number of para-hydroxylation sites is 1. The molecule has 0 aliphatic heterocycles. The number of anilines is 1. The highest BCUT2D eigenvalue weighted by Crippen LogP contribution is 2.24. The van der Waals surface area contributed by atoms with Crippen LogP contribution < -0.4 is 5.73 Å². The molecule has 14 heavy (non-hydrogen) atoms. The highest BCUT2D eigenvalue weighted by molar-refractivity contribution is 6.17. The Kier molecular flexibility index (Phi) is 4.20. The minimum atomic E-state index is -0.963. The Balaban J connectivity index is 2.78. The van der Waals surface area contributed by atoms with E-state index in [9.17, 15) is 10.2 Å². The Morgan fingerprint density at radius 2 is 1.93 bits per heavy atom. The number of aliphatic hydroxyl groups is 2.